The van der Waals surface area contributed by atoms with Gasteiger partial charge in [-0.15, -0.1) is 0 Å². The maximum atomic E-state index is 8.47. The Kier molecular flexibility index (Phi) is 3.97. The van der Waals surface area contributed by atoms with Crippen LogP contribution < -0.4 is 10.5 Å². The molecule has 3 atom stereocenters. The van der Waals surface area contributed by atoms with Crippen LogP contribution in [0.25, 0.3) is 0 Å². The third-order valence-electron chi connectivity index (χ3n) is 6.75. The number of amidine groups is 2. The molecule has 2 fully saturated rings. The number of nitrogens with zero attached hydrogens (tertiary/aromatic N) is 1. The summed E-state index contributed by atoms with van der Waals surface area (Å²) in [7, 11) is 1.75. The van der Waals surface area contributed by atoms with Crippen molar-refractivity contribution in [3.8, 4) is 5.75 Å². The van der Waals surface area contributed by atoms with Crippen molar-refractivity contribution in [2.24, 2.45) is 11.7 Å². The topological polar surface area (TPSA) is 86.2 Å². The standard InChI is InChI=1S/C20H28N4O/c1-25-14-6-5-13-10-17-15-4-2-3-7-20(15,16(13)11-14)8-9-24(17)19(23)12-18(21)22/h5-6,11,15,17,23H,2-4,7-10,12H2,1H3,(H3,21,22)/t15-,17+,20+/m1/s1. The fourth-order valence-corrected chi connectivity index (χ4v) is 5.73. The molecule has 25 heavy (non-hydrogen) atoms. The van der Waals surface area contributed by atoms with Crippen LogP contribution in [0.4, 0.5) is 0 Å². The number of hydrogen-bond acceptors (Lipinski definition) is 3. The summed E-state index contributed by atoms with van der Waals surface area (Å²) in [5.74, 6) is 2.17. The zero-order valence-electron chi connectivity index (χ0n) is 15.0. The molecule has 134 valence electrons. The fraction of sp³-hybridized carbons (Fsp3) is 0.600. The summed E-state index contributed by atoms with van der Waals surface area (Å²) in [5.41, 5.74) is 8.74. The van der Waals surface area contributed by atoms with Gasteiger partial charge in [-0.1, -0.05) is 18.9 Å². The van der Waals surface area contributed by atoms with E-state index < -0.39 is 0 Å². The lowest BCUT2D eigenvalue weighted by atomic mass is 9.52. The van der Waals surface area contributed by atoms with Gasteiger partial charge in [-0.2, -0.15) is 0 Å². The number of benzene rings is 1. The molecule has 1 aromatic carbocycles. The zero-order valence-corrected chi connectivity index (χ0v) is 15.0. The van der Waals surface area contributed by atoms with Gasteiger partial charge in [0.2, 0.25) is 0 Å². The zero-order chi connectivity index (χ0) is 17.6. The number of hydrogen-bond donors (Lipinski definition) is 3. The van der Waals surface area contributed by atoms with Gasteiger partial charge in [0, 0.05) is 18.0 Å². The summed E-state index contributed by atoms with van der Waals surface area (Å²) in [6.45, 7) is 0.907. The lowest BCUT2D eigenvalue weighted by Gasteiger charge is -2.59. The van der Waals surface area contributed by atoms with Crippen LogP contribution in [0.2, 0.25) is 0 Å². The van der Waals surface area contributed by atoms with E-state index >= 15 is 0 Å². The molecule has 2 bridgehead atoms. The van der Waals surface area contributed by atoms with E-state index in [1.807, 2.05) is 0 Å². The summed E-state index contributed by atoms with van der Waals surface area (Å²) < 4.78 is 5.52. The first-order valence-corrected chi connectivity index (χ1v) is 9.39. The normalized spacial score (nSPS) is 30.2. The molecule has 3 aliphatic rings. The molecule has 0 aromatic heterocycles. The Balaban J connectivity index is 1.75. The summed E-state index contributed by atoms with van der Waals surface area (Å²) in [6, 6.07) is 6.95. The molecule has 5 heteroatoms. The van der Waals surface area contributed by atoms with Crippen molar-refractivity contribution >= 4 is 11.7 Å². The smallest absolute Gasteiger partial charge is 0.119 e. The molecule has 1 saturated carbocycles. The first-order valence-electron chi connectivity index (χ1n) is 9.39. The van der Waals surface area contributed by atoms with Gasteiger partial charge in [-0.25, -0.2) is 0 Å². The van der Waals surface area contributed by atoms with E-state index in [0.29, 0.717) is 17.8 Å². The number of ether oxygens (including phenoxy) is 1. The van der Waals surface area contributed by atoms with Gasteiger partial charge < -0.3 is 15.4 Å². The van der Waals surface area contributed by atoms with Gasteiger partial charge in [0.15, 0.2) is 0 Å². The average molecular weight is 340 g/mol. The van der Waals surface area contributed by atoms with Crippen molar-refractivity contribution in [2.45, 2.75) is 56.4 Å². The fourth-order valence-electron chi connectivity index (χ4n) is 5.73. The van der Waals surface area contributed by atoms with Crippen LogP contribution in [0.15, 0.2) is 18.2 Å². The molecule has 5 nitrogen and oxygen atoms in total. The molecular formula is C20H28N4O. The summed E-state index contributed by atoms with van der Waals surface area (Å²) in [5, 5.41) is 16.0. The van der Waals surface area contributed by atoms with E-state index in [2.05, 4.69) is 23.1 Å². The van der Waals surface area contributed by atoms with Crippen LogP contribution in [0.5, 0.6) is 5.75 Å². The summed E-state index contributed by atoms with van der Waals surface area (Å²) in [6.07, 6.45) is 7.43. The van der Waals surface area contributed by atoms with E-state index in [4.69, 9.17) is 21.3 Å². The number of nitrogens with one attached hydrogen (secondary N) is 2. The number of rotatable bonds is 3. The lowest BCUT2D eigenvalue weighted by molar-refractivity contribution is 0.0236. The first kappa shape index (κ1) is 16.4. The van der Waals surface area contributed by atoms with E-state index in [-0.39, 0.29) is 17.7 Å². The number of methoxy groups -OCH3 is 1. The predicted molar refractivity (Wildman–Crippen MR) is 99.7 cm³/mol. The van der Waals surface area contributed by atoms with Crippen LogP contribution in [-0.4, -0.2) is 36.3 Å². The summed E-state index contributed by atoms with van der Waals surface area (Å²) >= 11 is 0. The average Bonchev–Trinajstić information content (AvgIpc) is 2.60. The van der Waals surface area contributed by atoms with Crippen molar-refractivity contribution in [3.05, 3.63) is 29.3 Å². The highest BCUT2D eigenvalue weighted by molar-refractivity contribution is 5.99. The van der Waals surface area contributed by atoms with Crippen molar-refractivity contribution < 1.29 is 4.74 Å². The van der Waals surface area contributed by atoms with Gasteiger partial charge >= 0.3 is 0 Å². The molecule has 0 unspecified atom stereocenters. The van der Waals surface area contributed by atoms with Crippen LogP contribution in [0.1, 0.15) is 49.7 Å². The Morgan fingerprint density at radius 2 is 2.16 bits per heavy atom. The monoisotopic (exact) mass is 340 g/mol. The lowest BCUT2D eigenvalue weighted by Crippen LogP contribution is -2.62. The molecule has 0 spiro atoms. The van der Waals surface area contributed by atoms with E-state index in [1.54, 1.807) is 7.11 Å². The number of piperidine rings is 1. The number of fused-ring (bicyclic) bond motifs is 1. The van der Waals surface area contributed by atoms with E-state index in [1.165, 1.54) is 36.8 Å². The quantitative estimate of drug-likeness (QED) is 0.584. The second-order valence-electron chi connectivity index (χ2n) is 7.90. The minimum absolute atomic E-state index is 0.0893. The van der Waals surface area contributed by atoms with Crippen LogP contribution in [0, 0.1) is 16.7 Å². The van der Waals surface area contributed by atoms with Crippen LogP contribution >= 0.6 is 0 Å². The molecule has 0 radical (unpaired) electrons. The second kappa shape index (κ2) is 6.04. The van der Waals surface area contributed by atoms with Crippen molar-refractivity contribution in [3.63, 3.8) is 0 Å². The minimum atomic E-state index is 0.0893. The molecule has 4 rings (SSSR count). The Hall–Kier alpha value is -2.04. The summed E-state index contributed by atoms with van der Waals surface area (Å²) in [4.78, 5) is 2.25. The molecular weight excluding hydrogens is 312 g/mol. The minimum Gasteiger partial charge on any atom is -0.497 e. The molecule has 1 heterocycles. The third kappa shape index (κ3) is 2.52. The molecule has 0 amide bonds. The molecule has 1 aliphatic heterocycles. The SMILES string of the molecule is COc1ccc2c(c1)[C@]13CCCC[C@@H]1[C@H](C2)N(C(=N)CC(=N)N)CC3. The Labute approximate surface area is 149 Å². The predicted octanol–water partition coefficient (Wildman–Crippen LogP) is 3.06. The Bertz CT molecular complexity index is 716. The van der Waals surface area contributed by atoms with Crippen LogP contribution in [-0.2, 0) is 11.8 Å². The second-order valence-corrected chi connectivity index (χ2v) is 7.90. The van der Waals surface area contributed by atoms with E-state index in [0.717, 1.165) is 25.1 Å². The van der Waals surface area contributed by atoms with Gasteiger partial charge in [0.25, 0.3) is 0 Å². The van der Waals surface area contributed by atoms with Gasteiger partial charge in [0.05, 0.1) is 19.4 Å². The molecule has 2 aliphatic carbocycles. The van der Waals surface area contributed by atoms with Gasteiger partial charge in [-0.3, -0.25) is 10.8 Å². The van der Waals surface area contributed by atoms with Crippen molar-refractivity contribution in [2.75, 3.05) is 13.7 Å². The Morgan fingerprint density at radius 1 is 1.32 bits per heavy atom. The first-order chi connectivity index (χ1) is 12.0. The third-order valence-corrected chi connectivity index (χ3v) is 6.75. The largest absolute Gasteiger partial charge is 0.497 e. The maximum Gasteiger partial charge on any atom is 0.119 e. The van der Waals surface area contributed by atoms with Crippen LogP contribution in [0.3, 0.4) is 0 Å². The van der Waals surface area contributed by atoms with Crippen molar-refractivity contribution in [1.29, 1.82) is 10.8 Å². The van der Waals surface area contributed by atoms with Gasteiger partial charge in [0.1, 0.15) is 11.6 Å². The van der Waals surface area contributed by atoms with E-state index in [9.17, 15) is 0 Å². The van der Waals surface area contributed by atoms with Crippen molar-refractivity contribution in [1.82, 2.24) is 4.90 Å². The highest BCUT2D eigenvalue weighted by Crippen LogP contribution is 2.56. The molecule has 1 aromatic rings. The molecule has 1 saturated heterocycles. The highest BCUT2D eigenvalue weighted by Gasteiger charge is 2.54. The molecule has 4 N–H and O–H groups in total. The number of likely N-dealkylation sites (tertiary alicyclic amines) is 1. The van der Waals surface area contributed by atoms with Gasteiger partial charge in [-0.05, 0) is 54.9 Å². The number of nitrogens with two attached hydrogens (primary N) is 1. The highest BCUT2D eigenvalue weighted by atomic mass is 16.5. The Morgan fingerprint density at radius 3 is 2.92 bits per heavy atom. The maximum absolute atomic E-state index is 8.47.